The van der Waals surface area contributed by atoms with Crippen molar-refractivity contribution in [1.29, 1.82) is 0 Å². The average Bonchev–Trinajstić information content (AvgIpc) is 3.21. The minimum Gasteiger partial charge on any atom is -0.459 e. The summed E-state index contributed by atoms with van der Waals surface area (Å²) in [6, 6.07) is 10.2. The Bertz CT molecular complexity index is 1180. The van der Waals surface area contributed by atoms with Crippen molar-refractivity contribution < 1.29 is 26.4 Å². The number of anilines is 2. The summed E-state index contributed by atoms with van der Waals surface area (Å²) < 4.78 is 59.5. The minimum absolute atomic E-state index is 0.159. The summed E-state index contributed by atoms with van der Waals surface area (Å²) in [5, 5.41) is 0. The smallest absolute Gasteiger partial charge is 0.293 e. The molecule has 6 nitrogen and oxygen atoms in total. The van der Waals surface area contributed by atoms with Gasteiger partial charge in [-0.15, -0.1) is 0 Å². The van der Waals surface area contributed by atoms with Crippen LogP contribution in [-0.2, 0) is 16.4 Å². The molecule has 1 N–H and O–H groups in total. The van der Waals surface area contributed by atoms with E-state index in [9.17, 15) is 22.0 Å². The highest BCUT2D eigenvalue weighted by atomic mass is 32.2. The van der Waals surface area contributed by atoms with Crippen LogP contribution in [0.2, 0.25) is 0 Å². The molecule has 0 radical (unpaired) electrons. The number of nitrogens with one attached hydrogen (secondary N) is 1. The van der Waals surface area contributed by atoms with E-state index in [0.29, 0.717) is 18.3 Å². The molecular formula is C20H16F2N2O4S. The van der Waals surface area contributed by atoms with Gasteiger partial charge in [-0.05, 0) is 54.8 Å². The first kappa shape index (κ1) is 19.1. The number of carbonyl (C=O) groups excluding carboxylic acids is 1. The van der Waals surface area contributed by atoms with Crippen LogP contribution < -0.4 is 9.62 Å². The molecular weight excluding hydrogens is 402 g/mol. The van der Waals surface area contributed by atoms with Gasteiger partial charge in [0.15, 0.2) is 5.76 Å². The molecule has 1 aromatic heterocycles. The molecule has 0 atom stereocenters. The van der Waals surface area contributed by atoms with E-state index in [4.69, 9.17) is 4.42 Å². The van der Waals surface area contributed by atoms with E-state index in [1.165, 1.54) is 17.2 Å². The molecule has 0 spiro atoms. The van der Waals surface area contributed by atoms with Gasteiger partial charge in [-0.3, -0.25) is 9.52 Å². The van der Waals surface area contributed by atoms with Crippen LogP contribution in [-0.4, -0.2) is 20.9 Å². The Labute approximate surface area is 165 Å². The number of carbonyl (C=O) groups is 1. The van der Waals surface area contributed by atoms with Crippen molar-refractivity contribution in [2.75, 3.05) is 16.2 Å². The Morgan fingerprint density at radius 3 is 2.66 bits per heavy atom. The fourth-order valence-electron chi connectivity index (χ4n) is 3.29. The summed E-state index contributed by atoms with van der Waals surface area (Å²) in [7, 11) is -4.28. The maximum atomic E-state index is 13.9. The maximum Gasteiger partial charge on any atom is 0.293 e. The summed E-state index contributed by atoms with van der Waals surface area (Å²) in [4.78, 5) is 13.6. The summed E-state index contributed by atoms with van der Waals surface area (Å²) in [6.07, 6.45) is 2.89. The Morgan fingerprint density at radius 2 is 1.93 bits per heavy atom. The standard InChI is InChI=1S/C20H16F2N2O4S/c21-14-6-8-19(16(22)11-14)29(26,27)23-15-7-5-13-3-1-9-24(17(13)12-15)20(25)18-4-2-10-28-18/h2,4-8,10-12,23H,1,3,9H2. The summed E-state index contributed by atoms with van der Waals surface area (Å²) in [6.45, 7) is 0.454. The van der Waals surface area contributed by atoms with Gasteiger partial charge in [0.05, 0.1) is 12.0 Å². The number of sulfonamides is 1. The van der Waals surface area contributed by atoms with Crippen LogP contribution in [0.25, 0.3) is 0 Å². The van der Waals surface area contributed by atoms with Gasteiger partial charge in [-0.2, -0.15) is 0 Å². The van der Waals surface area contributed by atoms with E-state index >= 15 is 0 Å². The molecule has 2 aromatic carbocycles. The number of amides is 1. The van der Waals surface area contributed by atoms with Crippen LogP contribution in [0.15, 0.2) is 64.1 Å². The minimum atomic E-state index is -4.28. The van der Waals surface area contributed by atoms with Crippen LogP contribution in [0.4, 0.5) is 20.2 Å². The van der Waals surface area contributed by atoms with Gasteiger partial charge in [-0.1, -0.05) is 6.07 Å². The van der Waals surface area contributed by atoms with Gasteiger partial charge in [0.25, 0.3) is 15.9 Å². The fraction of sp³-hybridized carbons (Fsp3) is 0.150. The molecule has 0 bridgehead atoms. The monoisotopic (exact) mass is 418 g/mol. The number of hydrogen-bond donors (Lipinski definition) is 1. The van der Waals surface area contributed by atoms with Crippen molar-refractivity contribution in [3.8, 4) is 0 Å². The number of benzene rings is 2. The van der Waals surface area contributed by atoms with Crippen LogP contribution in [0.1, 0.15) is 22.5 Å². The quantitative estimate of drug-likeness (QED) is 0.696. The van der Waals surface area contributed by atoms with Gasteiger partial charge in [0, 0.05) is 18.3 Å². The van der Waals surface area contributed by atoms with E-state index in [1.807, 2.05) is 0 Å². The van der Waals surface area contributed by atoms with Crippen molar-refractivity contribution >= 4 is 27.3 Å². The molecule has 1 aliphatic rings. The second-order valence-electron chi connectivity index (χ2n) is 6.56. The number of rotatable bonds is 4. The lowest BCUT2D eigenvalue weighted by Gasteiger charge is -2.29. The number of furan rings is 1. The lowest BCUT2D eigenvalue weighted by molar-refractivity contribution is 0.0958. The number of hydrogen-bond acceptors (Lipinski definition) is 4. The second-order valence-corrected chi connectivity index (χ2v) is 8.21. The van der Waals surface area contributed by atoms with Crippen molar-refractivity contribution in [3.63, 3.8) is 0 Å². The number of aryl methyl sites for hydroxylation is 1. The summed E-state index contributed by atoms with van der Waals surface area (Å²) in [5.74, 6) is -2.22. The Balaban J connectivity index is 1.67. The van der Waals surface area contributed by atoms with E-state index < -0.39 is 26.6 Å². The third-order valence-electron chi connectivity index (χ3n) is 4.62. The van der Waals surface area contributed by atoms with Crippen LogP contribution in [0.3, 0.4) is 0 Å². The highest BCUT2D eigenvalue weighted by Crippen LogP contribution is 2.32. The summed E-state index contributed by atoms with van der Waals surface area (Å²) >= 11 is 0. The lowest BCUT2D eigenvalue weighted by Crippen LogP contribution is -2.35. The molecule has 0 fully saturated rings. The third kappa shape index (κ3) is 3.73. The van der Waals surface area contributed by atoms with Gasteiger partial charge >= 0.3 is 0 Å². The highest BCUT2D eigenvalue weighted by Gasteiger charge is 2.26. The van der Waals surface area contributed by atoms with Crippen LogP contribution in [0.5, 0.6) is 0 Å². The SMILES string of the molecule is O=C(c1ccco1)N1CCCc2ccc(NS(=O)(=O)c3ccc(F)cc3F)cc21. The van der Waals surface area contributed by atoms with Crippen LogP contribution >= 0.6 is 0 Å². The van der Waals surface area contributed by atoms with E-state index in [-0.39, 0.29) is 17.4 Å². The molecule has 4 rings (SSSR count). The van der Waals surface area contributed by atoms with Gasteiger partial charge in [0.2, 0.25) is 0 Å². The fourth-order valence-corrected chi connectivity index (χ4v) is 4.40. The van der Waals surface area contributed by atoms with Crippen LogP contribution in [0, 0.1) is 11.6 Å². The molecule has 2 heterocycles. The lowest BCUT2D eigenvalue weighted by atomic mass is 10.0. The first-order valence-corrected chi connectivity index (χ1v) is 10.3. The Hall–Kier alpha value is -3.20. The van der Waals surface area contributed by atoms with Crippen molar-refractivity contribution in [2.24, 2.45) is 0 Å². The predicted molar refractivity (Wildman–Crippen MR) is 102 cm³/mol. The molecule has 150 valence electrons. The van der Waals surface area contributed by atoms with Crippen molar-refractivity contribution in [2.45, 2.75) is 17.7 Å². The zero-order chi connectivity index (χ0) is 20.6. The van der Waals surface area contributed by atoms with Gasteiger partial charge < -0.3 is 9.32 Å². The second kappa shape index (κ2) is 7.32. The first-order chi connectivity index (χ1) is 13.8. The zero-order valence-electron chi connectivity index (χ0n) is 15.1. The zero-order valence-corrected chi connectivity index (χ0v) is 15.9. The predicted octanol–water partition coefficient (Wildman–Crippen LogP) is 3.95. The molecule has 3 aromatic rings. The van der Waals surface area contributed by atoms with Gasteiger partial charge in [0.1, 0.15) is 16.5 Å². The van der Waals surface area contributed by atoms with E-state index in [1.54, 1.807) is 24.3 Å². The largest absolute Gasteiger partial charge is 0.459 e. The first-order valence-electron chi connectivity index (χ1n) is 8.81. The number of halogens is 2. The Morgan fingerprint density at radius 1 is 1.10 bits per heavy atom. The Kier molecular flexibility index (Phi) is 4.83. The molecule has 0 aliphatic carbocycles. The molecule has 0 saturated carbocycles. The highest BCUT2D eigenvalue weighted by molar-refractivity contribution is 7.92. The van der Waals surface area contributed by atoms with Crippen molar-refractivity contribution in [1.82, 2.24) is 0 Å². The van der Waals surface area contributed by atoms with Gasteiger partial charge in [-0.25, -0.2) is 17.2 Å². The average molecular weight is 418 g/mol. The molecule has 9 heteroatoms. The molecule has 29 heavy (non-hydrogen) atoms. The molecule has 1 aliphatic heterocycles. The van der Waals surface area contributed by atoms with E-state index in [2.05, 4.69) is 4.72 Å². The van der Waals surface area contributed by atoms with E-state index in [0.717, 1.165) is 30.5 Å². The topological polar surface area (TPSA) is 79.6 Å². The summed E-state index contributed by atoms with van der Waals surface area (Å²) in [5.41, 5.74) is 1.59. The molecule has 0 saturated heterocycles. The number of fused-ring (bicyclic) bond motifs is 1. The molecule has 0 unspecified atom stereocenters. The maximum absolute atomic E-state index is 13.9. The normalized spacial score (nSPS) is 13.8. The number of nitrogens with zero attached hydrogens (tertiary/aromatic N) is 1. The third-order valence-corrected chi connectivity index (χ3v) is 6.03. The molecule has 1 amide bonds. The van der Waals surface area contributed by atoms with Crippen molar-refractivity contribution in [3.05, 3.63) is 77.8 Å².